The number of hydrogen-bond acceptors (Lipinski definition) is 6. The van der Waals surface area contributed by atoms with Gasteiger partial charge in [0.1, 0.15) is 5.70 Å². The van der Waals surface area contributed by atoms with E-state index in [9.17, 15) is 29.6 Å². The number of nitrogens with zero attached hydrogens (tertiary/aromatic N) is 1. The van der Waals surface area contributed by atoms with Crippen molar-refractivity contribution < 1.29 is 24.4 Å². The van der Waals surface area contributed by atoms with E-state index >= 15 is 0 Å². The Labute approximate surface area is 153 Å². The predicted molar refractivity (Wildman–Crippen MR) is 94.3 cm³/mol. The van der Waals surface area contributed by atoms with Crippen molar-refractivity contribution in [3.8, 4) is 0 Å². The van der Waals surface area contributed by atoms with Gasteiger partial charge in [-0.3, -0.25) is 19.7 Å². The predicted octanol–water partition coefficient (Wildman–Crippen LogP) is 1.07. The number of hydrogen-bond donors (Lipinski definition) is 2. The molecule has 0 aliphatic heterocycles. The zero-order chi connectivity index (χ0) is 20.0. The second-order valence-electron chi connectivity index (χ2n) is 5.41. The van der Waals surface area contributed by atoms with E-state index < -0.39 is 22.7 Å². The number of carboxylic acid groups (broad SMARTS) is 1. The van der Waals surface area contributed by atoms with Gasteiger partial charge in [-0.05, 0) is 41.5 Å². The molecule has 0 heterocycles. The van der Waals surface area contributed by atoms with Gasteiger partial charge >= 0.3 is 0 Å². The van der Waals surface area contributed by atoms with Crippen LogP contribution in [0.5, 0.6) is 0 Å². The number of aromatic carboxylic acids is 1. The van der Waals surface area contributed by atoms with Crippen LogP contribution in [0.15, 0.2) is 54.2 Å². The Morgan fingerprint density at radius 1 is 1.00 bits per heavy atom. The summed E-state index contributed by atoms with van der Waals surface area (Å²) < 4.78 is 0. The van der Waals surface area contributed by atoms with Gasteiger partial charge in [-0.25, -0.2) is 0 Å². The van der Waals surface area contributed by atoms with E-state index in [4.69, 9.17) is 0 Å². The molecular formula is C18H14N3O6-. The lowest BCUT2D eigenvalue weighted by atomic mass is 10.1. The molecule has 2 aromatic rings. The molecule has 0 aliphatic rings. The summed E-state index contributed by atoms with van der Waals surface area (Å²) >= 11 is 0. The van der Waals surface area contributed by atoms with Crippen LogP contribution < -0.4 is 15.7 Å². The number of benzene rings is 2. The maximum Gasteiger partial charge on any atom is 0.272 e. The first-order valence-electron chi connectivity index (χ1n) is 7.63. The van der Waals surface area contributed by atoms with Gasteiger partial charge in [0.2, 0.25) is 5.91 Å². The lowest BCUT2D eigenvalue weighted by Crippen LogP contribution is -2.29. The molecule has 0 atom stereocenters. The molecular weight excluding hydrogens is 354 g/mol. The van der Waals surface area contributed by atoms with E-state index in [1.165, 1.54) is 61.5 Å². The fourth-order valence-corrected chi connectivity index (χ4v) is 2.10. The molecule has 2 amide bonds. The summed E-state index contributed by atoms with van der Waals surface area (Å²) in [7, 11) is 0. The van der Waals surface area contributed by atoms with E-state index in [2.05, 4.69) is 10.6 Å². The molecule has 0 aliphatic carbocycles. The van der Waals surface area contributed by atoms with E-state index in [0.717, 1.165) is 0 Å². The zero-order valence-corrected chi connectivity index (χ0v) is 14.1. The molecule has 2 aromatic carbocycles. The standard InChI is InChI=1S/C18H15N3O6/c1-11(22)19-16(10-12-2-8-15(9-3-12)21(26)27)17(23)20-14-6-4-13(5-7-14)18(24)25/h2-10H,1H3,(H,19,22)(H,20,23)(H,24,25)/p-1/b16-10+. The van der Waals surface area contributed by atoms with Crippen molar-refractivity contribution in [3.63, 3.8) is 0 Å². The summed E-state index contributed by atoms with van der Waals surface area (Å²) in [5, 5.41) is 26.3. The summed E-state index contributed by atoms with van der Waals surface area (Å²) in [5.74, 6) is -2.47. The Morgan fingerprint density at radius 3 is 2.07 bits per heavy atom. The minimum atomic E-state index is -1.34. The van der Waals surface area contributed by atoms with Gasteiger partial charge in [0.25, 0.3) is 11.6 Å². The van der Waals surface area contributed by atoms with Crippen LogP contribution in [0, 0.1) is 10.1 Å². The highest BCUT2D eigenvalue weighted by molar-refractivity contribution is 6.08. The van der Waals surface area contributed by atoms with Crippen LogP contribution in [-0.2, 0) is 9.59 Å². The van der Waals surface area contributed by atoms with E-state index in [1.54, 1.807) is 0 Å². The Hall–Kier alpha value is -4.01. The minimum absolute atomic E-state index is 0.0449. The SMILES string of the molecule is CC(=O)N/C(=C/c1ccc([N+](=O)[O-])cc1)C(=O)Nc1ccc(C(=O)[O-])cc1. The van der Waals surface area contributed by atoms with Crippen LogP contribution in [0.4, 0.5) is 11.4 Å². The molecule has 27 heavy (non-hydrogen) atoms. The molecule has 2 rings (SSSR count). The van der Waals surface area contributed by atoms with Crippen molar-refractivity contribution in [1.29, 1.82) is 0 Å². The number of amides is 2. The number of non-ortho nitro benzene ring substituents is 1. The number of rotatable bonds is 6. The van der Waals surface area contributed by atoms with E-state index in [-0.39, 0.29) is 16.9 Å². The topological polar surface area (TPSA) is 141 Å². The van der Waals surface area contributed by atoms with E-state index in [1.807, 2.05) is 0 Å². The van der Waals surface area contributed by atoms with Crippen molar-refractivity contribution in [1.82, 2.24) is 5.32 Å². The third-order valence-corrected chi connectivity index (χ3v) is 3.35. The normalized spacial score (nSPS) is 10.8. The highest BCUT2D eigenvalue weighted by Gasteiger charge is 2.12. The quantitative estimate of drug-likeness (QED) is 0.444. The maximum atomic E-state index is 12.4. The molecule has 0 bridgehead atoms. The first-order valence-corrected chi connectivity index (χ1v) is 7.63. The first-order chi connectivity index (χ1) is 12.8. The Balaban J connectivity index is 2.23. The molecule has 0 aromatic heterocycles. The average Bonchev–Trinajstić information content (AvgIpc) is 2.61. The summed E-state index contributed by atoms with van der Waals surface area (Å²) in [4.78, 5) is 44.7. The Morgan fingerprint density at radius 2 is 1.59 bits per heavy atom. The van der Waals surface area contributed by atoms with Crippen LogP contribution in [0.25, 0.3) is 6.08 Å². The van der Waals surface area contributed by atoms with Crippen molar-refractivity contribution in [2.24, 2.45) is 0 Å². The summed E-state index contributed by atoms with van der Waals surface area (Å²) in [6, 6.07) is 10.7. The van der Waals surface area contributed by atoms with Gasteiger partial charge in [-0.15, -0.1) is 0 Å². The van der Waals surface area contributed by atoms with Crippen molar-refractivity contribution >= 4 is 35.2 Å². The van der Waals surface area contributed by atoms with Crippen LogP contribution in [-0.4, -0.2) is 22.7 Å². The van der Waals surface area contributed by atoms with Crippen LogP contribution >= 0.6 is 0 Å². The number of carbonyl (C=O) groups is 3. The highest BCUT2D eigenvalue weighted by Crippen LogP contribution is 2.15. The summed E-state index contributed by atoms with van der Waals surface area (Å²) in [6.07, 6.45) is 1.36. The molecule has 0 unspecified atom stereocenters. The molecule has 2 N–H and O–H groups in total. The number of carbonyl (C=O) groups excluding carboxylic acids is 3. The molecule has 0 saturated heterocycles. The third kappa shape index (κ3) is 5.49. The summed E-state index contributed by atoms with van der Waals surface area (Å²) in [5.41, 5.74) is 0.541. The molecule has 9 nitrogen and oxygen atoms in total. The van der Waals surface area contributed by atoms with Crippen molar-refractivity contribution in [2.45, 2.75) is 6.92 Å². The molecule has 138 valence electrons. The maximum absolute atomic E-state index is 12.4. The molecule has 9 heteroatoms. The van der Waals surface area contributed by atoms with Gasteiger partial charge in [-0.2, -0.15) is 0 Å². The highest BCUT2D eigenvalue weighted by atomic mass is 16.6. The fourth-order valence-electron chi connectivity index (χ4n) is 2.10. The van der Waals surface area contributed by atoms with Gasteiger partial charge < -0.3 is 20.5 Å². The lowest BCUT2D eigenvalue weighted by molar-refractivity contribution is -0.384. The smallest absolute Gasteiger partial charge is 0.272 e. The van der Waals surface area contributed by atoms with Gasteiger partial charge in [-0.1, -0.05) is 12.1 Å². The Bertz CT molecular complexity index is 917. The van der Waals surface area contributed by atoms with Gasteiger partial charge in [0.15, 0.2) is 0 Å². The van der Waals surface area contributed by atoms with Crippen molar-refractivity contribution in [3.05, 3.63) is 75.5 Å². The number of nitrogens with one attached hydrogen (secondary N) is 2. The fraction of sp³-hybridized carbons (Fsp3) is 0.0556. The average molecular weight is 368 g/mol. The minimum Gasteiger partial charge on any atom is -0.545 e. The van der Waals surface area contributed by atoms with Crippen LogP contribution in [0.2, 0.25) is 0 Å². The number of nitro groups is 1. The van der Waals surface area contributed by atoms with Crippen LogP contribution in [0.3, 0.4) is 0 Å². The Kier molecular flexibility index (Phi) is 6.00. The largest absolute Gasteiger partial charge is 0.545 e. The monoisotopic (exact) mass is 368 g/mol. The lowest BCUT2D eigenvalue weighted by Gasteiger charge is -2.10. The van der Waals surface area contributed by atoms with E-state index in [0.29, 0.717) is 11.3 Å². The molecule has 0 fully saturated rings. The van der Waals surface area contributed by atoms with Gasteiger partial charge in [0.05, 0.1) is 10.9 Å². The number of nitro benzene ring substituents is 1. The molecule has 0 spiro atoms. The number of anilines is 1. The van der Waals surface area contributed by atoms with Crippen LogP contribution in [0.1, 0.15) is 22.8 Å². The second kappa shape index (κ2) is 8.39. The van der Waals surface area contributed by atoms with Crippen molar-refractivity contribution in [2.75, 3.05) is 5.32 Å². The summed E-state index contributed by atoms with van der Waals surface area (Å²) in [6.45, 7) is 1.23. The number of carboxylic acids is 1. The second-order valence-corrected chi connectivity index (χ2v) is 5.41. The zero-order valence-electron chi connectivity index (χ0n) is 14.1. The third-order valence-electron chi connectivity index (χ3n) is 3.35. The molecule has 0 radical (unpaired) electrons. The van der Waals surface area contributed by atoms with Gasteiger partial charge in [0, 0.05) is 24.7 Å². The molecule has 0 saturated carbocycles. The first kappa shape index (κ1) is 19.3.